The van der Waals surface area contributed by atoms with E-state index < -0.39 is 44.3 Å². The van der Waals surface area contributed by atoms with E-state index in [9.17, 15) is 23.7 Å². The molecule has 0 radical (unpaired) electrons. The molecule has 0 amide bonds. The van der Waals surface area contributed by atoms with Gasteiger partial charge in [-0.2, -0.15) is 8.78 Å². The number of nitrogens with zero attached hydrogens (tertiary/aromatic N) is 2. The molecule has 0 N–H and O–H groups in total. The van der Waals surface area contributed by atoms with Gasteiger partial charge in [0.2, 0.25) is 11.6 Å². The van der Waals surface area contributed by atoms with E-state index in [1.165, 1.54) is 10.8 Å². The second-order valence-electron chi connectivity index (χ2n) is 5.44. The van der Waals surface area contributed by atoms with Crippen molar-refractivity contribution in [3.63, 3.8) is 0 Å². The summed E-state index contributed by atoms with van der Waals surface area (Å²) in [5.74, 6) is -3.61. The van der Waals surface area contributed by atoms with Crippen molar-refractivity contribution in [3.05, 3.63) is 44.2 Å². The number of nitro benzene ring substituents is 1. The maximum absolute atomic E-state index is 14.0. The first-order chi connectivity index (χ1) is 9.75. The lowest BCUT2D eigenvalue weighted by atomic mass is 10.0. The average Bonchev–Trinajstić information content (AvgIpc) is 2.39. The SMILES string of the molecule is CC1(C)COc2c(F)c(F)c([N+](=O)[O-])c3c(=O)ccn1c23. The van der Waals surface area contributed by atoms with E-state index >= 15 is 0 Å². The fourth-order valence-corrected chi connectivity index (χ4v) is 2.53. The highest BCUT2D eigenvalue weighted by atomic mass is 19.2. The third kappa shape index (κ3) is 1.65. The normalized spacial score (nSPS) is 15.8. The van der Waals surface area contributed by atoms with Gasteiger partial charge in [0.15, 0.2) is 11.2 Å². The Morgan fingerprint density at radius 2 is 2.05 bits per heavy atom. The Balaban J connectivity index is 2.66. The van der Waals surface area contributed by atoms with Crippen molar-refractivity contribution >= 4 is 16.6 Å². The number of aromatic nitrogens is 1. The summed E-state index contributed by atoms with van der Waals surface area (Å²) in [4.78, 5) is 21.9. The van der Waals surface area contributed by atoms with E-state index in [1.54, 1.807) is 13.8 Å². The summed E-state index contributed by atoms with van der Waals surface area (Å²) >= 11 is 0. The molecule has 0 fully saturated rings. The van der Waals surface area contributed by atoms with Crippen LogP contribution in [0, 0.1) is 21.7 Å². The highest BCUT2D eigenvalue weighted by Crippen LogP contribution is 2.41. The van der Waals surface area contributed by atoms with Crippen LogP contribution in [0.3, 0.4) is 0 Å². The Labute approximate surface area is 116 Å². The molecule has 1 aromatic heterocycles. The number of rotatable bonds is 1. The topological polar surface area (TPSA) is 74.4 Å². The lowest BCUT2D eigenvalue weighted by molar-refractivity contribution is -0.386. The van der Waals surface area contributed by atoms with Crippen LogP contribution < -0.4 is 10.2 Å². The molecule has 0 aliphatic carbocycles. The lowest BCUT2D eigenvalue weighted by Crippen LogP contribution is -2.38. The van der Waals surface area contributed by atoms with Gasteiger partial charge < -0.3 is 9.30 Å². The Bertz CT molecular complexity index is 858. The van der Waals surface area contributed by atoms with Crippen LogP contribution in [0.25, 0.3) is 10.9 Å². The molecule has 0 saturated carbocycles. The molecular weight excluding hydrogens is 286 g/mol. The number of ether oxygens (including phenoxy) is 1. The van der Waals surface area contributed by atoms with Gasteiger partial charge in [0.25, 0.3) is 0 Å². The van der Waals surface area contributed by atoms with Crippen LogP contribution in [0.1, 0.15) is 13.8 Å². The molecule has 6 nitrogen and oxygen atoms in total. The van der Waals surface area contributed by atoms with Crippen molar-refractivity contribution in [2.75, 3.05) is 6.61 Å². The molecule has 2 aromatic rings. The Morgan fingerprint density at radius 1 is 1.38 bits per heavy atom. The first-order valence-electron chi connectivity index (χ1n) is 6.09. The third-order valence-corrected chi connectivity index (χ3v) is 3.56. The molecule has 1 aliphatic rings. The summed E-state index contributed by atoms with van der Waals surface area (Å²) < 4.78 is 34.7. The van der Waals surface area contributed by atoms with Crippen molar-refractivity contribution in [2.45, 2.75) is 19.4 Å². The van der Waals surface area contributed by atoms with Crippen molar-refractivity contribution in [3.8, 4) is 5.75 Å². The minimum Gasteiger partial charge on any atom is -0.486 e. The maximum atomic E-state index is 14.0. The number of hydrogen-bond acceptors (Lipinski definition) is 4. The van der Waals surface area contributed by atoms with Gasteiger partial charge in [0.05, 0.1) is 10.5 Å². The van der Waals surface area contributed by atoms with E-state index in [1.807, 2.05) is 0 Å². The van der Waals surface area contributed by atoms with Crippen LogP contribution in [-0.2, 0) is 5.54 Å². The Kier molecular flexibility index (Phi) is 2.56. The van der Waals surface area contributed by atoms with Crippen molar-refractivity contribution in [2.24, 2.45) is 0 Å². The molecule has 0 saturated heterocycles. The van der Waals surface area contributed by atoms with Gasteiger partial charge in [-0.1, -0.05) is 0 Å². The average molecular weight is 296 g/mol. The zero-order valence-electron chi connectivity index (χ0n) is 11.1. The molecule has 0 bridgehead atoms. The third-order valence-electron chi connectivity index (χ3n) is 3.56. The second kappa shape index (κ2) is 4.00. The molecule has 110 valence electrons. The van der Waals surface area contributed by atoms with Crippen LogP contribution in [-0.4, -0.2) is 16.1 Å². The highest BCUT2D eigenvalue weighted by molar-refractivity contribution is 5.93. The monoisotopic (exact) mass is 296 g/mol. The molecule has 0 atom stereocenters. The molecular formula is C13H10F2N2O4. The van der Waals surface area contributed by atoms with Gasteiger partial charge in [-0.25, -0.2) is 0 Å². The Hall–Kier alpha value is -2.51. The standard InChI is InChI=1S/C13H10F2N2O4/c1-13(2)5-21-12-9(15)8(14)10(17(19)20)7-6(18)3-4-16(13)11(7)12/h3-4H,5H2,1-2H3. The molecule has 1 aromatic carbocycles. The van der Waals surface area contributed by atoms with Crippen molar-refractivity contribution in [1.82, 2.24) is 4.57 Å². The van der Waals surface area contributed by atoms with Crippen LogP contribution in [0.2, 0.25) is 0 Å². The molecule has 2 heterocycles. The summed E-state index contributed by atoms with van der Waals surface area (Å²) in [5, 5.41) is 10.6. The first-order valence-corrected chi connectivity index (χ1v) is 6.09. The molecule has 3 rings (SSSR count). The summed E-state index contributed by atoms with van der Waals surface area (Å²) in [6.07, 6.45) is 1.40. The summed E-state index contributed by atoms with van der Waals surface area (Å²) in [6, 6.07) is 1.10. The largest absolute Gasteiger partial charge is 0.486 e. The van der Waals surface area contributed by atoms with Crippen LogP contribution >= 0.6 is 0 Å². The number of pyridine rings is 1. The molecule has 0 unspecified atom stereocenters. The summed E-state index contributed by atoms with van der Waals surface area (Å²) in [5.41, 5.74) is -2.66. The smallest absolute Gasteiger partial charge is 0.321 e. The number of halogens is 2. The second-order valence-corrected chi connectivity index (χ2v) is 5.44. The van der Waals surface area contributed by atoms with E-state index in [4.69, 9.17) is 4.74 Å². The molecule has 8 heteroatoms. The van der Waals surface area contributed by atoms with Crippen LogP contribution in [0.15, 0.2) is 17.1 Å². The van der Waals surface area contributed by atoms with E-state index in [2.05, 4.69) is 0 Å². The fourth-order valence-electron chi connectivity index (χ4n) is 2.53. The zero-order valence-corrected chi connectivity index (χ0v) is 11.1. The van der Waals surface area contributed by atoms with Gasteiger partial charge in [-0.15, -0.1) is 0 Å². The summed E-state index contributed by atoms with van der Waals surface area (Å²) in [7, 11) is 0. The van der Waals surface area contributed by atoms with Gasteiger partial charge >= 0.3 is 5.69 Å². The van der Waals surface area contributed by atoms with Gasteiger partial charge in [0.1, 0.15) is 17.5 Å². The molecule has 21 heavy (non-hydrogen) atoms. The zero-order chi connectivity index (χ0) is 15.5. The quantitative estimate of drug-likeness (QED) is 0.598. The number of nitro groups is 1. The van der Waals surface area contributed by atoms with E-state index in [0.29, 0.717) is 0 Å². The first kappa shape index (κ1) is 13.5. The van der Waals surface area contributed by atoms with E-state index in [-0.39, 0.29) is 12.1 Å². The van der Waals surface area contributed by atoms with Crippen LogP contribution in [0.5, 0.6) is 5.75 Å². The molecule has 0 spiro atoms. The number of hydrogen-bond donors (Lipinski definition) is 0. The van der Waals surface area contributed by atoms with Gasteiger partial charge in [-0.05, 0) is 13.8 Å². The molecule has 1 aliphatic heterocycles. The number of benzene rings is 1. The maximum Gasteiger partial charge on any atom is 0.321 e. The fraction of sp³-hybridized carbons (Fsp3) is 0.308. The van der Waals surface area contributed by atoms with Crippen LogP contribution in [0.4, 0.5) is 14.5 Å². The van der Waals surface area contributed by atoms with Gasteiger partial charge in [-0.3, -0.25) is 14.9 Å². The minimum absolute atomic E-state index is 0.0478. The lowest BCUT2D eigenvalue weighted by Gasteiger charge is -2.34. The van der Waals surface area contributed by atoms with E-state index in [0.717, 1.165) is 6.07 Å². The predicted octanol–water partition coefficient (Wildman–Crippen LogP) is 2.32. The predicted molar refractivity (Wildman–Crippen MR) is 69.6 cm³/mol. The van der Waals surface area contributed by atoms with Gasteiger partial charge in [0, 0.05) is 12.3 Å². The summed E-state index contributed by atoms with van der Waals surface area (Å²) in [6.45, 7) is 3.56. The van der Waals surface area contributed by atoms with Crippen molar-refractivity contribution < 1.29 is 18.4 Å². The van der Waals surface area contributed by atoms with Crippen molar-refractivity contribution in [1.29, 1.82) is 0 Å². The minimum atomic E-state index is -1.68. The Morgan fingerprint density at radius 3 is 2.67 bits per heavy atom. The highest BCUT2D eigenvalue weighted by Gasteiger charge is 2.37.